The number of sulfonamides is 1. The van der Waals surface area contributed by atoms with E-state index in [2.05, 4.69) is 4.72 Å². The molecule has 3 N–H and O–H groups in total. The van der Waals surface area contributed by atoms with Gasteiger partial charge >= 0.3 is 0 Å². The van der Waals surface area contributed by atoms with Gasteiger partial charge in [-0.15, -0.1) is 0 Å². The molecule has 8 heteroatoms. The van der Waals surface area contributed by atoms with Crippen molar-refractivity contribution in [1.82, 2.24) is 0 Å². The molecule has 0 amide bonds. The first-order chi connectivity index (χ1) is 9.31. The van der Waals surface area contributed by atoms with Gasteiger partial charge in [-0.25, -0.2) is 12.8 Å². The quantitative estimate of drug-likeness (QED) is 0.843. The zero-order chi connectivity index (χ0) is 14.9. The summed E-state index contributed by atoms with van der Waals surface area (Å²) in [6.07, 6.45) is 0. The average molecular weight is 335 g/mol. The molecular weight excluding hydrogens is 326 g/mol. The van der Waals surface area contributed by atoms with E-state index in [1.54, 1.807) is 0 Å². The predicted molar refractivity (Wildman–Crippen MR) is 78.1 cm³/mol. The summed E-state index contributed by atoms with van der Waals surface area (Å²) >= 11 is 11.6. The summed E-state index contributed by atoms with van der Waals surface area (Å²) in [5, 5.41) is -0.0268. The Morgan fingerprint density at radius 2 is 1.85 bits per heavy atom. The summed E-state index contributed by atoms with van der Waals surface area (Å²) in [6, 6.07) is 7.58. The standard InChI is InChI=1S/C12H9Cl2FN2O2S/c13-9-4-5-10(11(14)12(9)16)20(18,19)17-8-3-1-2-7(15)6-8/h1-6,17H,16H2. The molecule has 0 aliphatic heterocycles. The van der Waals surface area contributed by atoms with Crippen molar-refractivity contribution in [2.75, 3.05) is 10.5 Å². The minimum atomic E-state index is -3.99. The van der Waals surface area contributed by atoms with E-state index in [-0.39, 0.29) is 26.3 Å². The normalized spacial score (nSPS) is 11.3. The van der Waals surface area contributed by atoms with E-state index in [4.69, 9.17) is 28.9 Å². The Bertz CT molecular complexity index is 766. The fourth-order valence-corrected chi connectivity index (χ4v) is 3.33. The highest BCUT2D eigenvalue weighted by Gasteiger charge is 2.21. The second kappa shape index (κ2) is 5.47. The Hall–Kier alpha value is -1.50. The number of nitrogens with two attached hydrogens (primary N) is 1. The molecule has 4 nitrogen and oxygen atoms in total. The number of anilines is 2. The molecule has 0 heterocycles. The van der Waals surface area contributed by atoms with Crippen molar-refractivity contribution in [2.45, 2.75) is 4.90 Å². The third-order valence-corrected chi connectivity index (χ3v) is 4.73. The largest absolute Gasteiger partial charge is 0.396 e. The van der Waals surface area contributed by atoms with Gasteiger partial charge in [-0.3, -0.25) is 4.72 Å². The molecule has 0 bridgehead atoms. The molecule has 2 rings (SSSR count). The van der Waals surface area contributed by atoms with Gasteiger partial charge in [-0.1, -0.05) is 29.3 Å². The Labute approximate surface area is 125 Å². The summed E-state index contributed by atoms with van der Waals surface area (Å²) in [5.74, 6) is -0.563. The molecule has 106 valence electrons. The SMILES string of the molecule is Nc1c(Cl)ccc(S(=O)(=O)Nc2cccc(F)c2)c1Cl. The van der Waals surface area contributed by atoms with Gasteiger partial charge in [0.05, 0.1) is 21.4 Å². The first-order valence-corrected chi connectivity index (χ1v) is 7.57. The number of halogens is 3. The fraction of sp³-hybridized carbons (Fsp3) is 0. The molecule has 0 aromatic heterocycles. The van der Waals surface area contributed by atoms with Crippen LogP contribution >= 0.6 is 23.2 Å². The molecule has 0 spiro atoms. The average Bonchev–Trinajstić information content (AvgIpc) is 2.35. The number of nitrogen functional groups attached to an aromatic ring is 1. The van der Waals surface area contributed by atoms with Crippen LogP contribution in [-0.2, 0) is 10.0 Å². The summed E-state index contributed by atoms with van der Waals surface area (Å²) in [7, 11) is -3.99. The second-order valence-electron chi connectivity index (χ2n) is 3.89. The van der Waals surface area contributed by atoms with E-state index in [0.29, 0.717) is 0 Å². The number of rotatable bonds is 3. The highest BCUT2D eigenvalue weighted by atomic mass is 35.5. The summed E-state index contributed by atoms with van der Waals surface area (Å²) in [4.78, 5) is -0.231. The van der Waals surface area contributed by atoms with Crippen molar-refractivity contribution < 1.29 is 12.8 Å². The first-order valence-electron chi connectivity index (χ1n) is 5.33. The molecule has 0 aliphatic rings. The van der Waals surface area contributed by atoms with Crippen LogP contribution in [0.2, 0.25) is 10.0 Å². The lowest BCUT2D eigenvalue weighted by Crippen LogP contribution is -2.14. The minimum Gasteiger partial charge on any atom is -0.396 e. The molecule has 0 radical (unpaired) electrons. The Kier molecular flexibility index (Phi) is 4.08. The Balaban J connectivity index is 2.44. The lowest BCUT2D eigenvalue weighted by molar-refractivity contribution is 0.601. The molecule has 2 aromatic rings. The number of hydrogen-bond donors (Lipinski definition) is 2. The van der Waals surface area contributed by atoms with E-state index < -0.39 is 15.8 Å². The molecule has 0 unspecified atom stereocenters. The van der Waals surface area contributed by atoms with Crippen LogP contribution in [0, 0.1) is 5.82 Å². The van der Waals surface area contributed by atoms with Crippen molar-refractivity contribution in [3.8, 4) is 0 Å². The van der Waals surface area contributed by atoms with Crippen molar-refractivity contribution in [3.63, 3.8) is 0 Å². The Morgan fingerprint density at radius 1 is 1.15 bits per heavy atom. The third kappa shape index (κ3) is 2.98. The highest BCUT2D eigenvalue weighted by Crippen LogP contribution is 2.33. The molecule has 0 saturated heterocycles. The summed E-state index contributed by atoms with van der Waals surface area (Å²) in [6.45, 7) is 0. The maximum absolute atomic E-state index is 13.0. The maximum Gasteiger partial charge on any atom is 0.263 e. The van der Waals surface area contributed by atoms with E-state index in [1.165, 1.54) is 30.3 Å². The highest BCUT2D eigenvalue weighted by molar-refractivity contribution is 7.92. The summed E-state index contributed by atoms with van der Waals surface area (Å²) in [5.41, 5.74) is 5.63. The molecule has 2 aromatic carbocycles. The molecule has 0 fully saturated rings. The minimum absolute atomic E-state index is 0.0320. The van der Waals surface area contributed by atoms with Crippen molar-refractivity contribution in [3.05, 3.63) is 52.3 Å². The summed E-state index contributed by atoms with van der Waals surface area (Å²) < 4.78 is 39.6. The zero-order valence-electron chi connectivity index (χ0n) is 9.90. The first kappa shape index (κ1) is 14.9. The number of nitrogens with one attached hydrogen (secondary N) is 1. The van der Waals surface area contributed by atoms with Crippen LogP contribution in [0.5, 0.6) is 0 Å². The van der Waals surface area contributed by atoms with Crippen molar-refractivity contribution >= 4 is 44.6 Å². The van der Waals surface area contributed by atoms with Gasteiger partial charge in [0.2, 0.25) is 0 Å². The number of benzene rings is 2. The molecule has 0 aliphatic carbocycles. The fourth-order valence-electron chi connectivity index (χ4n) is 1.52. The van der Waals surface area contributed by atoms with Crippen LogP contribution in [0.25, 0.3) is 0 Å². The van der Waals surface area contributed by atoms with Gasteiger partial charge in [0.15, 0.2) is 0 Å². The zero-order valence-corrected chi connectivity index (χ0v) is 12.2. The lowest BCUT2D eigenvalue weighted by Gasteiger charge is -2.11. The molecule has 0 saturated carbocycles. The number of hydrogen-bond acceptors (Lipinski definition) is 3. The maximum atomic E-state index is 13.0. The van der Waals surface area contributed by atoms with Gasteiger partial charge in [-0.2, -0.15) is 0 Å². The van der Waals surface area contributed by atoms with Crippen LogP contribution in [0.1, 0.15) is 0 Å². The van der Waals surface area contributed by atoms with Crippen molar-refractivity contribution in [1.29, 1.82) is 0 Å². The van der Waals surface area contributed by atoms with E-state index in [9.17, 15) is 12.8 Å². The smallest absolute Gasteiger partial charge is 0.263 e. The van der Waals surface area contributed by atoms with E-state index in [0.717, 1.165) is 6.07 Å². The van der Waals surface area contributed by atoms with Gasteiger partial charge in [0.1, 0.15) is 10.7 Å². The lowest BCUT2D eigenvalue weighted by atomic mass is 10.3. The topological polar surface area (TPSA) is 72.2 Å². The molecular formula is C12H9Cl2FN2O2S. The van der Waals surface area contributed by atoms with E-state index in [1.807, 2.05) is 0 Å². The van der Waals surface area contributed by atoms with Crippen LogP contribution in [0.3, 0.4) is 0 Å². The van der Waals surface area contributed by atoms with Gasteiger partial charge in [-0.05, 0) is 30.3 Å². The third-order valence-electron chi connectivity index (χ3n) is 2.46. The van der Waals surface area contributed by atoms with Gasteiger partial charge in [0, 0.05) is 0 Å². The molecule has 20 heavy (non-hydrogen) atoms. The van der Waals surface area contributed by atoms with Crippen LogP contribution in [-0.4, -0.2) is 8.42 Å². The van der Waals surface area contributed by atoms with E-state index >= 15 is 0 Å². The van der Waals surface area contributed by atoms with Crippen LogP contribution in [0.4, 0.5) is 15.8 Å². The van der Waals surface area contributed by atoms with Gasteiger partial charge < -0.3 is 5.73 Å². The Morgan fingerprint density at radius 3 is 2.50 bits per heavy atom. The van der Waals surface area contributed by atoms with Crippen molar-refractivity contribution in [2.24, 2.45) is 0 Å². The monoisotopic (exact) mass is 334 g/mol. The van der Waals surface area contributed by atoms with Crippen LogP contribution < -0.4 is 10.5 Å². The van der Waals surface area contributed by atoms with Gasteiger partial charge in [0.25, 0.3) is 10.0 Å². The second-order valence-corrected chi connectivity index (χ2v) is 6.33. The molecule has 0 atom stereocenters. The van der Waals surface area contributed by atoms with Crippen LogP contribution in [0.15, 0.2) is 41.3 Å². The predicted octanol–water partition coefficient (Wildman–Crippen LogP) is 3.52.